The van der Waals surface area contributed by atoms with E-state index in [9.17, 15) is 18.7 Å². The summed E-state index contributed by atoms with van der Waals surface area (Å²) in [6.45, 7) is 2.49. The number of aromatic nitrogens is 1. The number of aromatic carboxylic acids is 1. The van der Waals surface area contributed by atoms with Crippen molar-refractivity contribution >= 4 is 28.6 Å². The lowest BCUT2D eigenvalue weighted by molar-refractivity contribution is 0.0693. The molecule has 2 aromatic carbocycles. The zero-order valence-corrected chi connectivity index (χ0v) is 16.9. The van der Waals surface area contributed by atoms with E-state index in [4.69, 9.17) is 9.84 Å². The van der Waals surface area contributed by atoms with Gasteiger partial charge in [0, 0.05) is 17.8 Å². The number of pyridine rings is 1. The van der Waals surface area contributed by atoms with Crippen LogP contribution < -0.4 is 9.04 Å². The predicted molar refractivity (Wildman–Crippen MR) is 113 cm³/mol. The average molecular weight is 428 g/mol. The molecule has 3 rings (SSSR count). The van der Waals surface area contributed by atoms with Crippen LogP contribution in [0, 0.1) is 0 Å². The van der Waals surface area contributed by atoms with E-state index in [1.54, 1.807) is 30.5 Å². The molecule has 1 aromatic heterocycles. The minimum Gasteiger partial charge on any atom is -0.507 e. The fourth-order valence-corrected chi connectivity index (χ4v) is 3.47. The van der Waals surface area contributed by atoms with Crippen LogP contribution in [0.25, 0.3) is 11.1 Å². The van der Waals surface area contributed by atoms with E-state index in [2.05, 4.69) is 4.98 Å². The summed E-state index contributed by atoms with van der Waals surface area (Å²) in [5.74, 6) is -1.35. The van der Waals surface area contributed by atoms with Gasteiger partial charge in [0.15, 0.2) is 0 Å². The summed E-state index contributed by atoms with van der Waals surface area (Å²) >= 11 is -2.48. The molecule has 1 atom stereocenters. The zero-order chi connectivity index (χ0) is 21.7. The molecule has 30 heavy (non-hydrogen) atoms. The molecular formula is C21H20N2O6S. The minimum atomic E-state index is -2.48. The SMILES string of the molecule is CCCOc1ncccc1-c1cccc(N(c2ccc(C(=O)O)c(O)c2)S(=O)O)c1. The average Bonchev–Trinajstić information content (AvgIpc) is 2.72. The fourth-order valence-electron chi connectivity index (χ4n) is 2.88. The highest BCUT2D eigenvalue weighted by atomic mass is 32.2. The van der Waals surface area contributed by atoms with E-state index in [0.29, 0.717) is 23.7 Å². The van der Waals surface area contributed by atoms with Gasteiger partial charge in [0.25, 0.3) is 11.3 Å². The molecule has 0 fully saturated rings. The monoisotopic (exact) mass is 428 g/mol. The van der Waals surface area contributed by atoms with E-state index in [0.717, 1.165) is 22.4 Å². The number of ether oxygens (including phenoxy) is 1. The highest BCUT2D eigenvalue weighted by molar-refractivity contribution is 7.81. The number of rotatable bonds is 8. The van der Waals surface area contributed by atoms with Gasteiger partial charge in [-0.3, -0.25) is 4.55 Å². The summed E-state index contributed by atoms with van der Waals surface area (Å²) in [4.78, 5) is 15.4. The second-order valence-electron chi connectivity index (χ2n) is 6.29. The molecule has 3 N–H and O–H groups in total. The normalized spacial score (nSPS) is 11.7. The number of carbonyl (C=O) groups is 1. The van der Waals surface area contributed by atoms with Crippen LogP contribution in [0.5, 0.6) is 11.6 Å². The highest BCUT2D eigenvalue weighted by Gasteiger charge is 2.19. The van der Waals surface area contributed by atoms with Crippen LogP contribution in [0.2, 0.25) is 0 Å². The number of nitrogens with zero attached hydrogens (tertiary/aromatic N) is 2. The number of benzene rings is 2. The van der Waals surface area contributed by atoms with Gasteiger partial charge in [-0.15, -0.1) is 0 Å². The van der Waals surface area contributed by atoms with Gasteiger partial charge >= 0.3 is 5.97 Å². The summed E-state index contributed by atoms with van der Waals surface area (Å²) < 4.78 is 28.7. The highest BCUT2D eigenvalue weighted by Crippen LogP contribution is 2.35. The van der Waals surface area contributed by atoms with Crippen molar-refractivity contribution in [3.05, 3.63) is 66.4 Å². The first-order chi connectivity index (χ1) is 14.4. The van der Waals surface area contributed by atoms with E-state index in [1.807, 2.05) is 19.1 Å². The smallest absolute Gasteiger partial charge is 0.339 e. The van der Waals surface area contributed by atoms with Gasteiger partial charge in [-0.2, -0.15) is 0 Å². The van der Waals surface area contributed by atoms with Gasteiger partial charge in [-0.05, 0) is 48.4 Å². The number of hydrogen-bond acceptors (Lipinski definition) is 5. The Morgan fingerprint density at radius 2 is 1.90 bits per heavy atom. The van der Waals surface area contributed by atoms with Crippen molar-refractivity contribution in [3.63, 3.8) is 0 Å². The third kappa shape index (κ3) is 4.58. The van der Waals surface area contributed by atoms with Crippen molar-refractivity contribution in [1.82, 2.24) is 4.98 Å². The molecule has 3 aromatic rings. The Morgan fingerprint density at radius 1 is 1.13 bits per heavy atom. The number of phenols is 1. The van der Waals surface area contributed by atoms with Crippen molar-refractivity contribution in [3.8, 4) is 22.8 Å². The van der Waals surface area contributed by atoms with Crippen LogP contribution in [0.4, 0.5) is 11.4 Å². The van der Waals surface area contributed by atoms with Crippen LogP contribution in [0.3, 0.4) is 0 Å². The summed E-state index contributed by atoms with van der Waals surface area (Å²) in [5.41, 5.74) is 1.66. The number of aromatic hydroxyl groups is 1. The standard InChI is InChI=1S/C21H20N2O6S/c1-2-11-29-20-17(7-4-10-22-20)14-5-3-6-15(12-14)23(30(27)28)16-8-9-18(21(25)26)19(24)13-16/h3-10,12-13,24H,2,11H2,1H3,(H,25,26)(H,27,28). The molecule has 0 spiro atoms. The molecule has 1 unspecified atom stereocenters. The first-order valence-electron chi connectivity index (χ1n) is 9.08. The Bertz CT molecular complexity index is 1090. The Kier molecular flexibility index (Phi) is 6.65. The van der Waals surface area contributed by atoms with E-state index in [1.165, 1.54) is 12.1 Å². The lowest BCUT2D eigenvalue weighted by Crippen LogP contribution is -2.19. The molecule has 0 bridgehead atoms. The molecule has 1 heterocycles. The topological polar surface area (TPSA) is 120 Å². The second-order valence-corrected chi connectivity index (χ2v) is 7.11. The van der Waals surface area contributed by atoms with Gasteiger partial charge < -0.3 is 14.9 Å². The number of carboxylic acids is 1. The first-order valence-corrected chi connectivity index (χ1v) is 10.1. The first kappa shape index (κ1) is 21.3. The van der Waals surface area contributed by atoms with Crippen molar-refractivity contribution < 1.29 is 28.5 Å². The van der Waals surface area contributed by atoms with Crippen LogP contribution >= 0.6 is 0 Å². The number of carboxylic acid groups (broad SMARTS) is 1. The van der Waals surface area contributed by atoms with Gasteiger partial charge in [0.05, 0.1) is 18.0 Å². The van der Waals surface area contributed by atoms with Crippen LogP contribution in [-0.2, 0) is 11.3 Å². The third-order valence-corrected chi connectivity index (χ3v) is 4.94. The van der Waals surface area contributed by atoms with Crippen LogP contribution in [0.1, 0.15) is 23.7 Å². The van der Waals surface area contributed by atoms with Crippen molar-refractivity contribution in [2.45, 2.75) is 13.3 Å². The van der Waals surface area contributed by atoms with Gasteiger partial charge in [-0.25, -0.2) is 18.3 Å². The van der Waals surface area contributed by atoms with E-state index >= 15 is 0 Å². The molecule has 0 amide bonds. The van der Waals surface area contributed by atoms with Gasteiger partial charge in [-0.1, -0.05) is 19.1 Å². The van der Waals surface area contributed by atoms with E-state index in [-0.39, 0.29) is 11.3 Å². The second kappa shape index (κ2) is 9.38. The van der Waals surface area contributed by atoms with Crippen molar-refractivity contribution in [2.24, 2.45) is 0 Å². The predicted octanol–water partition coefficient (Wildman–Crippen LogP) is 4.22. The molecule has 0 saturated heterocycles. The number of hydrogen-bond donors (Lipinski definition) is 3. The molecule has 9 heteroatoms. The third-order valence-electron chi connectivity index (χ3n) is 4.21. The maximum atomic E-state index is 12.1. The maximum Gasteiger partial charge on any atom is 0.339 e. The van der Waals surface area contributed by atoms with E-state index < -0.39 is 23.0 Å². The lowest BCUT2D eigenvalue weighted by Gasteiger charge is -2.21. The van der Waals surface area contributed by atoms with Crippen LogP contribution in [0.15, 0.2) is 60.8 Å². The molecular weight excluding hydrogens is 408 g/mol. The molecule has 156 valence electrons. The summed E-state index contributed by atoms with van der Waals surface area (Å²) in [6, 6.07) is 14.1. The maximum absolute atomic E-state index is 12.1. The quantitative estimate of drug-likeness (QED) is 0.460. The summed E-state index contributed by atoms with van der Waals surface area (Å²) in [6.07, 6.45) is 2.45. The van der Waals surface area contributed by atoms with Crippen molar-refractivity contribution in [2.75, 3.05) is 10.9 Å². The van der Waals surface area contributed by atoms with Gasteiger partial charge in [0.1, 0.15) is 11.3 Å². The van der Waals surface area contributed by atoms with Crippen LogP contribution in [-0.4, -0.2) is 36.5 Å². The molecule has 0 aliphatic rings. The van der Waals surface area contributed by atoms with Crippen molar-refractivity contribution in [1.29, 1.82) is 0 Å². The molecule has 0 radical (unpaired) electrons. The summed E-state index contributed by atoms with van der Waals surface area (Å²) in [7, 11) is 0. The number of anilines is 2. The Morgan fingerprint density at radius 3 is 2.57 bits per heavy atom. The molecule has 0 saturated carbocycles. The van der Waals surface area contributed by atoms with Gasteiger partial charge in [0.2, 0.25) is 5.88 Å². The zero-order valence-electron chi connectivity index (χ0n) is 16.1. The fraction of sp³-hybridized carbons (Fsp3) is 0.143. The largest absolute Gasteiger partial charge is 0.507 e. The Balaban J connectivity index is 2.04. The lowest BCUT2D eigenvalue weighted by atomic mass is 10.1. The summed E-state index contributed by atoms with van der Waals surface area (Å²) in [5, 5.41) is 19.0. The minimum absolute atomic E-state index is 0.157. The molecule has 0 aliphatic heterocycles. The Labute approximate surface area is 175 Å². The Hall–Kier alpha value is -3.43. The molecule has 0 aliphatic carbocycles. The molecule has 8 nitrogen and oxygen atoms in total.